The third-order valence-corrected chi connectivity index (χ3v) is 2.30. The van der Waals surface area contributed by atoms with Crippen LogP contribution in [0.1, 0.15) is 32.3 Å². The lowest BCUT2D eigenvalue weighted by Crippen LogP contribution is -2.18. The molecule has 0 N–H and O–H groups in total. The zero-order chi connectivity index (χ0) is 10.9. The fourth-order valence-corrected chi connectivity index (χ4v) is 1.59. The van der Waals surface area contributed by atoms with Crippen molar-refractivity contribution in [2.75, 3.05) is 13.1 Å². The fourth-order valence-electron chi connectivity index (χ4n) is 1.59. The lowest BCUT2D eigenvalue weighted by atomic mass is 10.2. The molecule has 0 saturated heterocycles. The summed E-state index contributed by atoms with van der Waals surface area (Å²) in [5, 5.41) is 0. The van der Waals surface area contributed by atoms with Gasteiger partial charge in [0.05, 0.1) is 0 Å². The van der Waals surface area contributed by atoms with Gasteiger partial charge in [-0.25, -0.2) is 0 Å². The van der Waals surface area contributed by atoms with Crippen LogP contribution in [-0.4, -0.2) is 18.0 Å². The topological polar surface area (TPSA) is 3.24 Å². The van der Waals surface area contributed by atoms with Gasteiger partial charge in [0.15, 0.2) is 0 Å². The number of hydrogen-bond donors (Lipinski definition) is 0. The molecule has 82 valence electrons. The van der Waals surface area contributed by atoms with E-state index < -0.39 is 0 Å². The number of hydrogen-bond acceptors (Lipinski definition) is 1. The quantitative estimate of drug-likeness (QED) is 0.680. The highest BCUT2D eigenvalue weighted by molar-refractivity contribution is 5.48. The van der Waals surface area contributed by atoms with Gasteiger partial charge in [-0.15, -0.1) is 0 Å². The van der Waals surface area contributed by atoms with E-state index in [9.17, 15) is 0 Å². The van der Waals surface area contributed by atoms with Crippen LogP contribution < -0.4 is 0 Å². The van der Waals surface area contributed by atoms with Gasteiger partial charge in [0, 0.05) is 13.1 Å². The lowest BCUT2D eigenvalue weighted by molar-refractivity contribution is 0.378. The average Bonchev–Trinajstić information content (AvgIpc) is 2.28. The summed E-state index contributed by atoms with van der Waals surface area (Å²) in [4.78, 5) is 2.38. The van der Waals surface area contributed by atoms with Crippen molar-refractivity contribution >= 4 is 6.08 Å². The molecule has 0 saturated carbocycles. The molecule has 15 heavy (non-hydrogen) atoms. The third kappa shape index (κ3) is 4.68. The SMILES string of the molecule is CCCN(C=Cc1ccccc1)CCC. The molecule has 1 rings (SSSR count). The van der Waals surface area contributed by atoms with Crippen molar-refractivity contribution in [1.82, 2.24) is 4.90 Å². The Balaban J connectivity index is 2.53. The van der Waals surface area contributed by atoms with Crippen LogP contribution in [0.25, 0.3) is 6.08 Å². The van der Waals surface area contributed by atoms with Crippen LogP contribution in [0.5, 0.6) is 0 Å². The van der Waals surface area contributed by atoms with Crippen molar-refractivity contribution in [1.29, 1.82) is 0 Å². The summed E-state index contributed by atoms with van der Waals surface area (Å²) in [7, 11) is 0. The Morgan fingerprint density at radius 2 is 1.60 bits per heavy atom. The van der Waals surface area contributed by atoms with Crippen LogP contribution in [0.4, 0.5) is 0 Å². The first-order valence-electron chi connectivity index (χ1n) is 5.84. The summed E-state index contributed by atoms with van der Waals surface area (Å²) >= 11 is 0. The van der Waals surface area contributed by atoms with Gasteiger partial charge in [0.2, 0.25) is 0 Å². The Morgan fingerprint density at radius 1 is 1.00 bits per heavy atom. The van der Waals surface area contributed by atoms with E-state index >= 15 is 0 Å². The van der Waals surface area contributed by atoms with Crippen LogP contribution in [-0.2, 0) is 0 Å². The van der Waals surface area contributed by atoms with Crippen molar-refractivity contribution in [2.24, 2.45) is 0 Å². The minimum Gasteiger partial charge on any atom is -0.377 e. The molecule has 1 aromatic carbocycles. The van der Waals surface area contributed by atoms with E-state index in [0.717, 1.165) is 13.1 Å². The molecule has 0 aliphatic carbocycles. The number of nitrogens with zero attached hydrogens (tertiary/aromatic N) is 1. The van der Waals surface area contributed by atoms with Gasteiger partial charge in [-0.2, -0.15) is 0 Å². The molecule has 0 spiro atoms. The molecule has 0 amide bonds. The first kappa shape index (κ1) is 11.8. The minimum absolute atomic E-state index is 1.15. The van der Waals surface area contributed by atoms with E-state index in [0.29, 0.717) is 0 Å². The minimum atomic E-state index is 1.15. The van der Waals surface area contributed by atoms with Crippen LogP contribution in [0.3, 0.4) is 0 Å². The second-order valence-corrected chi connectivity index (χ2v) is 3.76. The van der Waals surface area contributed by atoms with Crippen LogP contribution in [0, 0.1) is 0 Å². The molecule has 0 heterocycles. The molecule has 0 atom stereocenters. The molecule has 1 heteroatoms. The van der Waals surface area contributed by atoms with Gasteiger partial charge in [-0.1, -0.05) is 44.2 Å². The Bertz CT molecular complexity index is 271. The van der Waals surface area contributed by atoms with Gasteiger partial charge < -0.3 is 4.90 Å². The molecule has 0 aliphatic heterocycles. The van der Waals surface area contributed by atoms with Crippen molar-refractivity contribution < 1.29 is 0 Å². The Kier molecular flexibility index (Phi) is 5.60. The molecule has 1 aromatic rings. The summed E-state index contributed by atoms with van der Waals surface area (Å²) in [5.41, 5.74) is 1.27. The highest BCUT2D eigenvalue weighted by atomic mass is 15.1. The third-order valence-electron chi connectivity index (χ3n) is 2.30. The Hall–Kier alpha value is -1.24. The first-order chi connectivity index (χ1) is 7.36. The second-order valence-electron chi connectivity index (χ2n) is 3.76. The Labute approximate surface area is 93.4 Å². The van der Waals surface area contributed by atoms with E-state index in [1.165, 1.54) is 18.4 Å². The highest BCUT2D eigenvalue weighted by Gasteiger charge is 1.94. The van der Waals surface area contributed by atoms with Crippen LogP contribution in [0.15, 0.2) is 36.5 Å². The summed E-state index contributed by atoms with van der Waals surface area (Å²) in [5.74, 6) is 0. The molecule has 0 fully saturated rings. The summed E-state index contributed by atoms with van der Waals surface area (Å²) in [6, 6.07) is 10.5. The smallest absolute Gasteiger partial charge is 0.0169 e. The highest BCUT2D eigenvalue weighted by Crippen LogP contribution is 2.03. The maximum atomic E-state index is 2.38. The maximum absolute atomic E-state index is 2.38. The zero-order valence-corrected chi connectivity index (χ0v) is 9.82. The van der Waals surface area contributed by atoms with Gasteiger partial charge in [-0.3, -0.25) is 0 Å². The number of rotatable bonds is 6. The normalized spacial score (nSPS) is 10.8. The Morgan fingerprint density at radius 3 is 2.13 bits per heavy atom. The standard InChI is InChI=1S/C14H21N/c1-3-11-15(12-4-2)13-10-14-8-6-5-7-9-14/h5-10,13H,3-4,11-12H2,1-2H3. The molecule has 0 unspecified atom stereocenters. The van der Waals surface area contributed by atoms with Gasteiger partial charge in [0.25, 0.3) is 0 Å². The number of benzene rings is 1. The maximum Gasteiger partial charge on any atom is 0.0169 e. The van der Waals surface area contributed by atoms with Gasteiger partial charge in [-0.05, 0) is 30.7 Å². The van der Waals surface area contributed by atoms with E-state index in [-0.39, 0.29) is 0 Å². The van der Waals surface area contributed by atoms with E-state index in [1.54, 1.807) is 0 Å². The van der Waals surface area contributed by atoms with Crippen molar-refractivity contribution in [3.63, 3.8) is 0 Å². The zero-order valence-electron chi connectivity index (χ0n) is 9.82. The lowest BCUT2D eigenvalue weighted by Gasteiger charge is -2.18. The average molecular weight is 203 g/mol. The van der Waals surface area contributed by atoms with E-state index in [1.807, 2.05) is 6.07 Å². The predicted octanol–water partition coefficient (Wildman–Crippen LogP) is 3.78. The molecule has 1 nitrogen and oxygen atoms in total. The molecule has 0 radical (unpaired) electrons. The van der Waals surface area contributed by atoms with Crippen LogP contribution >= 0.6 is 0 Å². The predicted molar refractivity (Wildman–Crippen MR) is 67.6 cm³/mol. The monoisotopic (exact) mass is 203 g/mol. The van der Waals surface area contributed by atoms with Gasteiger partial charge in [0.1, 0.15) is 0 Å². The van der Waals surface area contributed by atoms with E-state index in [4.69, 9.17) is 0 Å². The second kappa shape index (κ2) is 7.10. The van der Waals surface area contributed by atoms with Crippen molar-refractivity contribution in [2.45, 2.75) is 26.7 Å². The van der Waals surface area contributed by atoms with Crippen LogP contribution in [0.2, 0.25) is 0 Å². The first-order valence-corrected chi connectivity index (χ1v) is 5.84. The summed E-state index contributed by atoms with van der Waals surface area (Å²) in [6.45, 7) is 6.74. The summed E-state index contributed by atoms with van der Waals surface area (Å²) < 4.78 is 0. The molecular weight excluding hydrogens is 182 g/mol. The summed E-state index contributed by atoms with van der Waals surface area (Å²) in [6.07, 6.45) is 6.81. The molecule has 0 aromatic heterocycles. The molecule has 0 aliphatic rings. The molecular formula is C14H21N. The largest absolute Gasteiger partial charge is 0.377 e. The van der Waals surface area contributed by atoms with Crippen molar-refractivity contribution in [3.05, 3.63) is 42.1 Å². The molecule has 0 bridgehead atoms. The fraction of sp³-hybridized carbons (Fsp3) is 0.429. The van der Waals surface area contributed by atoms with E-state index in [2.05, 4.69) is 55.3 Å². The van der Waals surface area contributed by atoms with Gasteiger partial charge >= 0.3 is 0 Å². The van der Waals surface area contributed by atoms with Crippen molar-refractivity contribution in [3.8, 4) is 0 Å².